The van der Waals surface area contributed by atoms with E-state index in [1.54, 1.807) is 0 Å². The average molecular weight is 289 g/mol. The fourth-order valence-corrected chi connectivity index (χ4v) is 2.99. The lowest BCUT2D eigenvalue weighted by Crippen LogP contribution is -2.39. The maximum absolute atomic E-state index is 12.4. The van der Waals surface area contributed by atoms with Crippen molar-refractivity contribution in [2.45, 2.75) is 38.1 Å². The Morgan fingerprint density at radius 3 is 2.67 bits per heavy atom. The van der Waals surface area contributed by atoms with Crippen LogP contribution in [0.4, 0.5) is 5.69 Å². The van der Waals surface area contributed by atoms with Crippen LogP contribution in [0.2, 0.25) is 0 Å². The second kappa shape index (κ2) is 6.94. The molecule has 0 radical (unpaired) electrons. The highest BCUT2D eigenvalue weighted by molar-refractivity contribution is 5.76. The monoisotopic (exact) mass is 289 g/mol. The van der Waals surface area contributed by atoms with Crippen molar-refractivity contribution >= 4 is 11.6 Å². The molecule has 4 nitrogen and oxygen atoms in total. The molecule has 1 aromatic rings. The van der Waals surface area contributed by atoms with Crippen molar-refractivity contribution in [1.29, 1.82) is 0 Å². The largest absolute Gasteiger partial charge is 0.399 e. The van der Waals surface area contributed by atoms with Crippen molar-refractivity contribution in [2.75, 3.05) is 32.9 Å². The predicted molar refractivity (Wildman–Crippen MR) is 87.2 cm³/mol. The summed E-state index contributed by atoms with van der Waals surface area (Å²) >= 11 is 0. The number of hydrogen-bond acceptors (Lipinski definition) is 3. The van der Waals surface area contributed by atoms with Crippen molar-refractivity contribution < 1.29 is 4.79 Å². The molecule has 1 aromatic carbocycles. The van der Waals surface area contributed by atoms with E-state index in [9.17, 15) is 4.79 Å². The van der Waals surface area contributed by atoms with Gasteiger partial charge in [-0.15, -0.1) is 0 Å². The maximum Gasteiger partial charge on any atom is 0.222 e. The van der Waals surface area contributed by atoms with Crippen LogP contribution in [0, 0.1) is 0 Å². The summed E-state index contributed by atoms with van der Waals surface area (Å²) in [6, 6.07) is 8.34. The Kier molecular flexibility index (Phi) is 5.23. The Labute approximate surface area is 127 Å². The molecule has 0 bridgehead atoms. The number of nitrogen functional groups attached to an aromatic ring is 1. The molecule has 1 amide bonds. The first-order valence-corrected chi connectivity index (χ1v) is 7.77. The molecule has 2 unspecified atom stereocenters. The quantitative estimate of drug-likeness (QED) is 0.846. The third-order valence-corrected chi connectivity index (χ3v) is 4.57. The van der Waals surface area contributed by atoms with Gasteiger partial charge in [-0.3, -0.25) is 4.79 Å². The maximum atomic E-state index is 12.4. The summed E-state index contributed by atoms with van der Waals surface area (Å²) < 4.78 is 0. The summed E-state index contributed by atoms with van der Waals surface area (Å²) in [7, 11) is 4.07. The first kappa shape index (κ1) is 15.8. The number of likely N-dealkylation sites (N-methyl/N-ethyl adjacent to an activating group) is 2. The summed E-state index contributed by atoms with van der Waals surface area (Å²) in [5.74, 6) is 0.446. The minimum atomic E-state index is 0.222. The smallest absolute Gasteiger partial charge is 0.222 e. The van der Waals surface area contributed by atoms with Crippen molar-refractivity contribution in [2.24, 2.45) is 0 Å². The Bertz CT molecular complexity index is 471. The van der Waals surface area contributed by atoms with Gasteiger partial charge in [0, 0.05) is 31.7 Å². The van der Waals surface area contributed by atoms with Gasteiger partial charge in [-0.25, -0.2) is 0 Å². The molecule has 21 heavy (non-hydrogen) atoms. The second-order valence-corrected chi connectivity index (χ2v) is 6.32. The highest BCUT2D eigenvalue weighted by Crippen LogP contribution is 2.22. The van der Waals surface area contributed by atoms with Gasteiger partial charge in [0.2, 0.25) is 5.91 Å². The Hall–Kier alpha value is -1.55. The molecular formula is C17H27N3O. The lowest BCUT2D eigenvalue weighted by molar-refractivity contribution is -0.130. The molecule has 0 spiro atoms. The third kappa shape index (κ3) is 4.21. The number of likely N-dealkylation sites (tertiary alicyclic amines) is 1. The standard InChI is InChI=1S/C17H27N3O/c1-13(14-6-8-15(18)9-7-14)11-17(21)20(3)12-16-5-4-10-19(16)2/h6-9,13,16H,4-5,10-12,18H2,1-3H3. The highest BCUT2D eigenvalue weighted by atomic mass is 16.2. The minimum Gasteiger partial charge on any atom is -0.399 e. The molecular weight excluding hydrogens is 262 g/mol. The van der Waals surface area contributed by atoms with Gasteiger partial charge < -0.3 is 15.5 Å². The van der Waals surface area contributed by atoms with Crippen LogP contribution in [0.15, 0.2) is 24.3 Å². The van der Waals surface area contributed by atoms with Crippen molar-refractivity contribution in [1.82, 2.24) is 9.80 Å². The molecule has 0 saturated carbocycles. The van der Waals surface area contributed by atoms with Gasteiger partial charge in [0.05, 0.1) is 0 Å². The number of carbonyl (C=O) groups excluding carboxylic acids is 1. The predicted octanol–water partition coefficient (Wildman–Crippen LogP) is 2.32. The summed E-state index contributed by atoms with van der Waals surface area (Å²) in [4.78, 5) is 16.6. The molecule has 0 aromatic heterocycles. The van der Waals surface area contributed by atoms with Crippen LogP contribution in [0.3, 0.4) is 0 Å². The van der Waals surface area contributed by atoms with Crippen LogP contribution in [0.5, 0.6) is 0 Å². The van der Waals surface area contributed by atoms with Gasteiger partial charge in [-0.2, -0.15) is 0 Å². The van der Waals surface area contributed by atoms with Crippen molar-refractivity contribution in [3.63, 3.8) is 0 Å². The zero-order chi connectivity index (χ0) is 15.4. The molecule has 1 fully saturated rings. The molecule has 1 aliphatic rings. The average Bonchev–Trinajstić information content (AvgIpc) is 2.84. The number of anilines is 1. The molecule has 1 saturated heterocycles. The number of hydrogen-bond donors (Lipinski definition) is 1. The highest BCUT2D eigenvalue weighted by Gasteiger charge is 2.24. The number of nitrogens with two attached hydrogens (primary N) is 1. The third-order valence-electron chi connectivity index (χ3n) is 4.57. The number of rotatable bonds is 5. The molecule has 1 heterocycles. The first-order chi connectivity index (χ1) is 9.97. The van der Waals surface area contributed by atoms with Crippen LogP contribution in [-0.2, 0) is 4.79 Å². The van der Waals surface area contributed by atoms with E-state index in [1.807, 2.05) is 36.2 Å². The van der Waals surface area contributed by atoms with E-state index in [-0.39, 0.29) is 11.8 Å². The molecule has 0 aliphatic carbocycles. The van der Waals surface area contributed by atoms with E-state index in [2.05, 4.69) is 18.9 Å². The van der Waals surface area contributed by atoms with Crippen LogP contribution in [0.25, 0.3) is 0 Å². The van der Waals surface area contributed by atoms with Gasteiger partial charge in [-0.05, 0) is 50.0 Å². The van der Waals surface area contributed by atoms with Crippen LogP contribution in [0.1, 0.15) is 37.7 Å². The summed E-state index contributed by atoms with van der Waals surface area (Å²) in [5.41, 5.74) is 7.63. The lowest BCUT2D eigenvalue weighted by Gasteiger charge is -2.26. The van der Waals surface area contributed by atoms with Gasteiger partial charge in [0.1, 0.15) is 0 Å². The molecule has 116 valence electrons. The lowest BCUT2D eigenvalue weighted by atomic mass is 9.97. The fraction of sp³-hybridized carbons (Fsp3) is 0.588. The molecule has 2 atom stereocenters. The van der Waals surface area contributed by atoms with E-state index in [0.717, 1.165) is 18.8 Å². The van der Waals surface area contributed by atoms with E-state index in [0.29, 0.717) is 12.5 Å². The van der Waals surface area contributed by atoms with Gasteiger partial charge in [0.15, 0.2) is 0 Å². The summed E-state index contributed by atoms with van der Waals surface area (Å²) in [5, 5.41) is 0. The molecule has 2 N–H and O–H groups in total. The summed E-state index contributed by atoms with van der Waals surface area (Å²) in [6.07, 6.45) is 2.99. The van der Waals surface area contributed by atoms with Crippen LogP contribution < -0.4 is 5.73 Å². The summed E-state index contributed by atoms with van der Waals surface area (Å²) in [6.45, 7) is 4.08. The van der Waals surface area contributed by atoms with Crippen molar-refractivity contribution in [3.8, 4) is 0 Å². The van der Waals surface area contributed by atoms with E-state index >= 15 is 0 Å². The van der Waals surface area contributed by atoms with Gasteiger partial charge in [0.25, 0.3) is 0 Å². The first-order valence-electron chi connectivity index (χ1n) is 7.77. The minimum absolute atomic E-state index is 0.222. The van der Waals surface area contributed by atoms with E-state index in [4.69, 9.17) is 5.73 Å². The van der Waals surface area contributed by atoms with E-state index in [1.165, 1.54) is 18.4 Å². The number of carbonyl (C=O) groups is 1. The molecule has 2 rings (SSSR count). The number of nitrogens with zero attached hydrogens (tertiary/aromatic N) is 2. The van der Waals surface area contributed by atoms with E-state index < -0.39 is 0 Å². The van der Waals surface area contributed by atoms with Gasteiger partial charge >= 0.3 is 0 Å². The van der Waals surface area contributed by atoms with Gasteiger partial charge in [-0.1, -0.05) is 19.1 Å². The Morgan fingerprint density at radius 2 is 2.10 bits per heavy atom. The number of benzene rings is 1. The fourth-order valence-electron chi connectivity index (χ4n) is 2.99. The Morgan fingerprint density at radius 1 is 1.43 bits per heavy atom. The molecule has 4 heteroatoms. The number of amides is 1. The van der Waals surface area contributed by atoms with Crippen LogP contribution in [-0.4, -0.2) is 48.9 Å². The topological polar surface area (TPSA) is 49.6 Å². The Balaban J connectivity index is 1.86. The molecule has 1 aliphatic heterocycles. The van der Waals surface area contributed by atoms with Crippen molar-refractivity contribution in [3.05, 3.63) is 29.8 Å². The van der Waals surface area contributed by atoms with Crippen LogP contribution >= 0.6 is 0 Å². The second-order valence-electron chi connectivity index (χ2n) is 6.32. The zero-order valence-electron chi connectivity index (χ0n) is 13.4. The SMILES string of the molecule is CC(CC(=O)N(C)CC1CCCN1C)c1ccc(N)cc1. The normalized spacial score (nSPS) is 20.4. The zero-order valence-corrected chi connectivity index (χ0v) is 13.4.